The lowest BCUT2D eigenvalue weighted by Crippen LogP contribution is -2.44. The van der Waals surface area contributed by atoms with E-state index in [9.17, 15) is 8.42 Å². The Morgan fingerprint density at radius 1 is 1.50 bits per heavy atom. The molecule has 1 saturated heterocycles. The van der Waals surface area contributed by atoms with E-state index in [1.807, 2.05) is 0 Å². The molecule has 1 aliphatic rings. The highest BCUT2D eigenvalue weighted by molar-refractivity contribution is 7.90. The molecule has 0 unspecified atom stereocenters. The van der Waals surface area contributed by atoms with Crippen molar-refractivity contribution in [2.75, 3.05) is 19.8 Å². The van der Waals surface area contributed by atoms with Crippen LogP contribution in [-0.2, 0) is 14.8 Å². The number of hydrogen-bond donors (Lipinski definition) is 2. The Labute approximate surface area is 85.1 Å². The zero-order valence-corrected chi connectivity index (χ0v) is 9.22. The Balaban J connectivity index is 2.54. The Bertz CT molecular complexity index is 260. The van der Waals surface area contributed by atoms with Crippen molar-refractivity contribution in [3.8, 4) is 0 Å². The molecular weight excluding hydrogens is 204 g/mol. The molecule has 0 aromatic rings. The van der Waals surface area contributed by atoms with Crippen LogP contribution in [0.3, 0.4) is 0 Å². The molecule has 1 heterocycles. The predicted molar refractivity (Wildman–Crippen MR) is 54.4 cm³/mol. The van der Waals surface area contributed by atoms with Gasteiger partial charge < -0.3 is 10.5 Å². The SMILES string of the molecule is C[C@H](CN)NS(=O)(=O)C1CCOCC1. The predicted octanol–water partition coefficient (Wildman–Crippen LogP) is -0.568. The molecular formula is C8H18N2O3S. The van der Waals surface area contributed by atoms with Crippen LogP contribution in [-0.4, -0.2) is 39.5 Å². The largest absolute Gasteiger partial charge is 0.381 e. The zero-order chi connectivity index (χ0) is 10.6. The van der Waals surface area contributed by atoms with Crippen LogP contribution in [0.4, 0.5) is 0 Å². The second-order valence-electron chi connectivity index (χ2n) is 3.61. The van der Waals surface area contributed by atoms with Crippen LogP contribution in [0.2, 0.25) is 0 Å². The molecule has 84 valence electrons. The van der Waals surface area contributed by atoms with Crippen molar-refractivity contribution >= 4 is 10.0 Å². The van der Waals surface area contributed by atoms with Crippen LogP contribution in [0.1, 0.15) is 19.8 Å². The van der Waals surface area contributed by atoms with Crippen molar-refractivity contribution in [3.05, 3.63) is 0 Å². The van der Waals surface area contributed by atoms with Gasteiger partial charge in [-0.15, -0.1) is 0 Å². The number of sulfonamides is 1. The number of nitrogens with one attached hydrogen (secondary N) is 1. The molecule has 1 fully saturated rings. The third kappa shape index (κ3) is 3.20. The second kappa shape index (κ2) is 5.06. The molecule has 0 radical (unpaired) electrons. The number of nitrogens with two attached hydrogens (primary N) is 1. The maximum Gasteiger partial charge on any atom is 0.214 e. The van der Waals surface area contributed by atoms with E-state index in [1.54, 1.807) is 6.92 Å². The molecule has 3 N–H and O–H groups in total. The number of ether oxygens (including phenoxy) is 1. The van der Waals surface area contributed by atoms with Crippen molar-refractivity contribution < 1.29 is 13.2 Å². The fourth-order valence-corrected chi connectivity index (χ4v) is 3.07. The van der Waals surface area contributed by atoms with E-state index in [2.05, 4.69) is 4.72 Å². The standard InChI is InChI=1S/C8H18N2O3S/c1-7(6-9)10-14(11,12)8-2-4-13-5-3-8/h7-8,10H,2-6,9H2,1H3/t7-/m1/s1. The Morgan fingerprint density at radius 3 is 2.57 bits per heavy atom. The number of hydrogen-bond acceptors (Lipinski definition) is 4. The van der Waals surface area contributed by atoms with Gasteiger partial charge >= 0.3 is 0 Å². The highest BCUT2D eigenvalue weighted by atomic mass is 32.2. The fraction of sp³-hybridized carbons (Fsp3) is 1.00. The topological polar surface area (TPSA) is 81.4 Å². The summed E-state index contributed by atoms with van der Waals surface area (Å²) in [7, 11) is -3.20. The van der Waals surface area contributed by atoms with Crippen LogP contribution >= 0.6 is 0 Å². The van der Waals surface area contributed by atoms with Gasteiger partial charge in [-0.1, -0.05) is 0 Å². The first-order valence-electron chi connectivity index (χ1n) is 4.85. The molecule has 0 spiro atoms. The van der Waals surface area contributed by atoms with E-state index in [0.29, 0.717) is 32.6 Å². The second-order valence-corrected chi connectivity index (χ2v) is 5.60. The molecule has 14 heavy (non-hydrogen) atoms. The first kappa shape index (κ1) is 11.9. The van der Waals surface area contributed by atoms with E-state index < -0.39 is 10.0 Å². The van der Waals surface area contributed by atoms with Gasteiger partial charge in [0, 0.05) is 25.8 Å². The normalized spacial score (nSPS) is 22.1. The van der Waals surface area contributed by atoms with Gasteiger partial charge in [-0.2, -0.15) is 0 Å². The lowest BCUT2D eigenvalue weighted by molar-refractivity contribution is 0.0981. The molecule has 0 aromatic heterocycles. The summed E-state index contributed by atoms with van der Waals surface area (Å²) >= 11 is 0. The van der Waals surface area contributed by atoms with Gasteiger partial charge in [0.15, 0.2) is 0 Å². The van der Waals surface area contributed by atoms with Crippen LogP contribution in [0, 0.1) is 0 Å². The van der Waals surface area contributed by atoms with Crippen molar-refractivity contribution in [3.63, 3.8) is 0 Å². The average Bonchev–Trinajstić information content (AvgIpc) is 2.18. The van der Waals surface area contributed by atoms with E-state index in [0.717, 1.165) is 0 Å². The molecule has 0 bridgehead atoms. The molecule has 5 nitrogen and oxygen atoms in total. The van der Waals surface area contributed by atoms with Crippen molar-refractivity contribution in [1.29, 1.82) is 0 Å². The van der Waals surface area contributed by atoms with E-state index in [-0.39, 0.29) is 11.3 Å². The maximum atomic E-state index is 11.7. The first-order valence-corrected chi connectivity index (χ1v) is 6.40. The van der Waals surface area contributed by atoms with E-state index >= 15 is 0 Å². The minimum atomic E-state index is -3.20. The minimum Gasteiger partial charge on any atom is -0.381 e. The van der Waals surface area contributed by atoms with Gasteiger partial charge in [-0.05, 0) is 19.8 Å². The van der Waals surface area contributed by atoms with Gasteiger partial charge in [-0.3, -0.25) is 0 Å². The Morgan fingerprint density at radius 2 is 2.07 bits per heavy atom. The van der Waals surface area contributed by atoms with Crippen molar-refractivity contribution in [2.24, 2.45) is 5.73 Å². The highest BCUT2D eigenvalue weighted by Gasteiger charge is 2.28. The minimum absolute atomic E-state index is 0.192. The van der Waals surface area contributed by atoms with Crippen molar-refractivity contribution in [1.82, 2.24) is 4.72 Å². The van der Waals surface area contributed by atoms with Gasteiger partial charge in [0.1, 0.15) is 0 Å². The van der Waals surface area contributed by atoms with Crippen LogP contribution < -0.4 is 10.5 Å². The summed E-state index contributed by atoms with van der Waals surface area (Å²) < 4.78 is 31.1. The van der Waals surface area contributed by atoms with E-state index in [1.165, 1.54) is 0 Å². The summed E-state index contributed by atoms with van der Waals surface area (Å²) in [6.45, 7) is 3.14. The summed E-state index contributed by atoms with van der Waals surface area (Å²) in [6.07, 6.45) is 1.15. The smallest absolute Gasteiger partial charge is 0.214 e. The zero-order valence-electron chi connectivity index (χ0n) is 8.40. The molecule has 1 aliphatic heterocycles. The molecule has 1 rings (SSSR count). The molecule has 0 saturated carbocycles. The quantitative estimate of drug-likeness (QED) is 0.667. The van der Waals surface area contributed by atoms with Gasteiger partial charge in [-0.25, -0.2) is 13.1 Å². The van der Waals surface area contributed by atoms with Crippen LogP contribution in [0.5, 0.6) is 0 Å². The number of rotatable bonds is 4. The van der Waals surface area contributed by atoms with E-state index in [4.69, 9.17) is 10.5 Å². The Kier molecular flexibility index (Phi) is 4.31. The van der Waals surface area contributed by atoms with Crippen molar-refractivity contribution in [2.45, 2.75) is 31.1 Å². The summed E-state index contributed by atoms with van der Waals surface area (Å²) in [4.78, 5) is 0. The summed E-state index contributed by atoms with van der Waals surface area (Å²) in [5, 5.41) is -0.315. The van der Waals surface area contributed by atoms with Crippen LogP contribution in [0.25, 0.3) is 0 Å². The van der Waals surface area contributed by atoms with Crippen LogP contribution in [0.15, 0.2) is 0 Å². The fourth-order valence-electron chi connectivity index (χ4n) is 1.41. The monoisotopic (exact) mass is 222 g/mol. The highest BCUT2D eigenvalue weighted by Crippen LogP contribution is 2.14. The summed E-state index contributed by atoms with van der Waals surface area (Å²) in [6, 6.07) is -0.192. The molecule has 0 amide bonds. The first-order chi connectivity index (χ1) is 6.56. The Hall–Kier alpha value is -0.170. The summed E-state index contributed by atoms with van der Waals surface area (Å²) in [5.74, 6) is 0. The summed E-state index contributed by atoms with van der Waals surface area (Å²) in [5.41, 5.74) is 5.36. The molecule has 1 atom stereocenters. The van der Waals surface area contributed by atoms with Gasteiger partial charge in [0.05, 0.1) is 5.25 Å². The third-order valence-corrected chi connectivity index (χ3v) is 4.41. The van der Waals surface area contributed by atoms with Gasteiger partial charge in [0.25, 0.3) is 0 Å². The molecule has 0 aliphatic carbocycles. The average molecular weight is 222 g/mol. The lowest BCUT2D eigenvalue weighted by Gasteiger charge is -2.24. The molecule has 6 heteroatoms. The maximum absolute atomic E-state index is 11.7. The van der Waals surface area contributed by atoms with Gasteiger partial charge in [0.2, 0.25) is 10.0 Å². The lowest BCUT2D eigenvalue weighted by atomic mass is 10.2. The third-order valence-electron chi connectivity index (χ3n) is 2.33. The molecule has 0 aromatic carbocycles.